The fraction of sp³-hybridized carbons (Fsp3) is 0.0625. The molecule has 0 spiro atoms. The summed E-state index contributed by atoms with van der Waals surface area (Å²) in [6.07, 6.45) is 2.79. The minimum absolute atomic E-state index is 0.00243. The van der Waals surface area contributed by atoms with Crippen molar-refractivity contribution in [1.82, 2.24) is 0 Å². The first-order chi connectivity index (χ1) is 10.9. The molecule has 0 aliphatic carbocycles. The van der Waals surface area contributed by atoms with Crippen LogP contribution in [0.3, 0.4) is 0 Å². The van der Waals surface area contributed by atoms with Crippen LogP contribution in [0, 0.1) is 0 Å². The Balaban J connectivity index is 2.05. The normalized spacial score (nSPS) is 11.4. The van der Waals surface area contributed by atoms with Gasteiger partial charge in [0.25, 0.3) is 0 Å². The van der Waals surface area contributed by atoms with Gasteiger partial charge in [-0.25, -0.2) is 13.6 Å². The van der Waals surface area contributed by atoms with E-state index in [1.54, 1.807) is 43.5 Å². The summed E-state index contributed by atoms with van der Waals surface area (Å²) in [5, 5.41) is 7.90. The molecule has 0 aromatic heterocycles. The van der Waals surface area contributed by atoms with Gasteiger partial charge in [-0.2, -0.15) is 0 Å². The Hall–Kier alpha value is -2.64. The zero-order valence-corrected chi connectivity index (χ0v) is 13.2. The van der Waals surface area contributed by atoms with E-state index >= 15 is 0 Å². The molecule has 2 rings (SSSR count). The van der Waals surface area contributed by atoms with Crippen LogP contribution >= 0.6 is 0 Å². The van der Waals surface area contributed by atoms with E-state index in [4.69, 9.17) is 9.88 Å². The number of benzene rings is 2. The zero-order chi connectivity index (χ0) is 16.9. The second-order valence-electron chi connectivity index (χ2n) is 4.64. The van der Waals surface area contributed by atoms with Crippen molar-refractivity contribution in [2.45, 2.75) is 4.90 Å². The van der Waals surface area contributed by atoms with Gasteiger partial charge in [-0.15, -0.1) is 0 Å². The highest BCUT2D eigenvalue weighted by Crippen LogP contribution is 2.15. The molecular formula is C16H16N2O4S. The van der Waals surface area contributed by atoms with Crippen LogP contribution < -0.4 is 15.2 Å². The summed E-state index contributed by atoms with van der Waals surface area (Å²) >= 11 is 0. The van der Waals surface area contributed by atoms with Gasteiger partial charge in [-0.3, -0.25) is 4.79 Å². The predicted molar refractivity (Wildman–Crippen MR) is 87.9 cm³/mol. The van der Waals surface area contributed by atoms with Crippen molar-refractivity contribution < 1.29 is 17.9 Å². The van der Waals surface area contributed by atoms with Crippen molar-refractivity contribution in [3.05, 3.63) is 66.4 Å². The molecule has 0 unspecified atom stereocenters. The van der Waals surface area contributed by atoms with E-state index in [0.29, 0.717) is 17.0 Å². The van der Waals surface area contributed by atoms with Crippen molar-refractivity contribution in [2.75, 3.05) is 12.4 Å². The van der Waals surface area contributed by atoms with Crippen LogP contribution in [-0.4, -0.2) is 21.3 Å². The van der Waals surface area contributed by atoms with Crippen LogP contribution in [0.2, 0.25) is 0 Å². The first-order valence-electron chi connectivity index (χ1n) is 6.64. The maximum Gasteiger partial charge on any atom is 0.238 e. The lowest BCUT2D eigenvalue weighted by atomic mass is 10.1. The third-order valence-corrected chi connectivity index (χ3v) is 3.93. The molecule has 23 heavy (non-hydrogen) atoms. The van der Waals surface area contributed by atoms with Crippen LogP contribution in [0.5, 0.6) is 5.75 Å². The number of anilines is 1. The van der Waals surface area contributed by atoms with E-state index in [-0.39, 0.29) is 10.7 Å². The van der Waals surface area contributed by atoms with E-state index in [1.165, 1.54) is 24.4 Å². The Morgan fingerprint density at radius 3 is 2.48 bits per heavy atom. The predicted octanol–water partition coefficient (Wildman–Crippen LogP) is 2.15. The van der Waals surface area contributed by atoms with Crippen LogP contribution in [0.15, 0.2) is 65.7 Å². The minimum atomic E-state index is -3.76. The molecule has 0 saturated heterocycles. The van der Waals surface area contributed by atoms with Crippen LogP contribution in [0.25, 0.3) is 0 Å². The van der Waals surface area contributed by atoms with E-state index in [1.807, 2.05) is 0 Å². The molecule has 0 atom stereocenters. The number of sulfonamides is 1. The Labute approximate surface area is 134 Å². The number of ketones is 1. The van der Waals surface area contributed by atoms with Crippen molar-refractivity contribution >= 4 is 21.5 Å². The molecule has 0 aliphatic heterocycles. The van der Waals surface area contributed by atoms with Crippen LogP contribution in [0.1, 0.15) is 10.4 Å². The van der Waals surface area contributed by atoms with E-state index in [9.17, 15) is 13.2 Å². The number of methoxy groups -OCH3 is 1. The van der Waals surface area contributed by atoms with Gasteiger partial charge in [0.15, 0.2) is 5.78 Å². The third kappa shape index (κ3) is 4.67. The van der Waals surface area contributed by atoms with Gasteiger partial charge in [0.1, 0.15) is 5.75 Å². The number of nitrogens with one attached hydrogen (secondary N) is 1. The van der Waals surface area contributed by atoms with Crippen LogP contribution in [-0.2, 0) is 10.0 Å². The van der Waals surface area contributed by atoms with Crippen molar-refractivity contribution in [3.8, 4) is 5.75 Å². The average Bonchev–Trinajstić information content (AvgIpc) is 2.54. The average molecular weight is 332 g/mol. The lowest BCUT2D eigenvalue weighted by Gasteiger charge is -2.03. The molecule has 2 aromatic carbocycles. The van der Waals surface area contributed by atoms with E-state index in [2.05, 4.69) is 5.32 Å². The molecule has 2 aromatic rings. The topological polar surface area (TPSA) is 98.5 Å². The zero-order valence-electron chi connectivity index (χ0n) is 12.4. The quantitative estimate of drug-likeness (QED) is 0.624. The molecule has 7 heteroatoms. The summed E-state index contributed by atoms with van der Waals surface area (Å²) in [5.74, 6) is 0.478. The Bertz CT molecular complexity index is 827. The summed E-state index contributed by atoms with van der Waals surface area (Å²) in [5.41, 5.74) is 1.03. The molecule has 3 N–H and O–H groups in total. The van der Waals surface area contributed by atoms with Gasteiger partial charge in [-0.05, 0) is 42.5 Å². The monoisotopic (exact) mass is 332 g/mol. The number of rotatable bonds is 6. The molecule has 0 heterocycles. The lowest BCUT2D eigenvalue weighted by Crippen LogP contribution is -2.12. The number of primary sulfonamides is 1. The Morgan fingerprint density at radius 1 is 1.17 bits per heavy atom. The summed E-state index contributed by atoms with van der Waals surface area (Å²) in [4.78, 5) is 12.0. The summed E-state index contributed by atoms with van der Waals surface area (Å²) in [6, 6.07) is 12.7. The first-order valence-corrected chi connectivity index (χ1v) is 8.19. The highest BCUT2D eigenvalue weighted by atomic mass is 32.2. The fourth-order valence-electron chi connectivity index (χ4n) is 1.83. The molecule has 0 aliphatic rings. The second kappa shape index (κ2) is 7.08. The molecule has 0 saturated carbocycles. The largest absolute Gasteiger partial charge is 0.497 e. The second-order valence-corrected chi connectivity index (χ2v) is 6.20. The van der Waals surface area contributed by atoms with E-state index in [0.717, 1.165) is 0 Å². The molecular weight excluding hydrogens is 316 g/mol. The van der Waals surface area contributed by atoms with E-state index < -0.39 is 10.0 Å². The smallest absolute Gasteiger partial charge is 0.238 e. The number of allylic oxidation sites excluding steroid dienone is 1. The standard InChI is InChI=1S/C16H16N2O4S/c1-22-14-7-5-12(6-8-14)16(19)9-10-18-13-3-2-4-15(11-13)23(17,20)21/h2-11,18H,1H3,(H2,17,20,21)/b10-9+. The lowest BCUT2D eigenvalue weighted by molar-refractivity contribution is 0.104. The summed E-state index contributed by atoms with van der Waals surface area (Å²) in [7, 11) is -2.21. The summed E-state index contributed by atoms with van der Waals surface area (Å²) < 4.78 is 27.6. The number of hydrogen-bond donors (Lipinski definition) is 2. The molecule has 0 bridgehead atoms. The van der Waals surface area contributed by atoms with Crippen molar-refractivity contribution in [3.63, 3.8) is 0 Å². The number of carbonyl (C=O) groups excluding carboxylic acids is 1. The SMILES string of the molecule is COc1ccc(C(=O)/C=C/Nc2cccc(S(N)(=O)=O)c2)cc1. The number of ether oxygens (including phenoxy) is 1. The number of carbonyl (C=O) groups is 1. The molecule has 0 radical (unpaired) electrons. The van der Waals surface area contributed by atoms with Gasteiger partial charge in [0.2, 0.25) is 10.0 Å². The fourth-order valence-corrected chi connectivity index (χ4v) is 2.39. The van der Waals surface area contributed by atoms with Gasteiger partial charge in [0, 0.05) is 23.5 Å². The van der Waals surface area contributed by atoms with Gasteiger partial charge < -0.3 is 10.1 Å². The highest BCUT2D eigenvalue weighted by Gasteiger charge is 2.07. The molecule has 6 nitrogen and oxygen atoms in total. The Kier molecular flexibility index (Phi) is 5.15. The molecule has 0 amide bonds. The van der Waals surface area contributed by atoms with Gasteiger partial charge in [0.05, 0.1) is 12.0 Å². The van der Waals surface area contributed by atoms with Crippen LogP contribution in [0.4, 0.5) is 5.69 Å². The van der Waals surface area contributed by atoms with Gasteiger partial charge in [-0.1, -0.05) is 6.07 Å². The Morgan fingerprint density at radius 2 is 1.87 bits per heavy atom. The first kappa shape index (κ1) is 16.7. The maximum absolute atomic E-state index is 12.0. The highest BCUT2D eigenvalue weighted by molar-refractivity contribution is 7.89. The minimum Gasteiger partial charge on any atom is -0.497 e. The number of hydrogen-bond acceptors (Lipinski definition) is 5. The third-order valence-electron chi connectivity index (χ3n) is 3.02. The summed E-state index contributed by atoms with van der Waals surface area (Å²) in [6.45, 7) is 0. The number of nitrogens with two attached hydrogens (primary N) is 1. The molecule has 0 fully saturated rings. The molecule has 120 valence electrons. The maximum atomic E-state index is 12.0. The van der Waals surface area contributed by atoms with Crippen molar-refractivity contribution in [1.29, 1.82) is 0 Å². The van der Waals surface area contributed by atoms with Gasteiger partial charge >= 0.3 is 0 Å². The van der Waals surface area contributed by atoms with Crippen molar-refractivity contribution in [2.24, 2.45) is 5.14 Å².